The largest absolute Gasteiger partial charge is 0.472 e. The van der Waals surface area contributed by atoms with E-state index in [9.17, 15) is 0 Å². The van der Waals surface area contributed by atoms with Crippen LogP contribution in [0.25, 0.3) is 28.0 Å². The summed E-state index contributed by atoms with van der Waals surface area (Å²) in [6.45, 7) is 0. The molecule has 3 aliphatic carbocycles. The highest BCUT2D eigenvalue weighted by atomic mass is 16.5. The van der Waals surface area contributed by atoms with Crippen LogP contribution >= 0.6 is 0 Å². The van der Waals surface area contributed by atoms with Crippen molar-refractivity contribution in [2.24, 2.45) is 11.8 Å². The molecule has 39 heavy (non-hydrogen) atoms. The Balaban J connectivity index is 1.39. The number of ether oxygens (including phenoxy) is 1. The Kier molecular flexibility index (Phi) is 4.32. The van der Waals surface area contributed by atoms with E-state index < -0.39 is 5.60 Å². The van der Waals surface area contributed by atoms with Crippen molar-refractivity contribution in [2.75, 3.05) is 0 Å². The first kappa shape index (κ1) is 21.8. The minimum absolute atomic E-state index is 0.0934. The van der Waals surface area contributed by atoms with Crippen molar-refractivity contribution in [2.45, 2.75) is 36.7 Å². The first-order valence-electron chi connectivity index (χ1n) is 14.5. The van der Waals surface area contributed by atoms with Crippen molar-refractivity contribution < 1.29 is 4.74 Å². The van der Waals surface area contributed by atoms with Crippen LogP contribution in [0.4, 0.5) is 0 Å². The number of fused-ring (bicyclic) bond motifs is 13. The fraction of sp³-hybridized carbons (Fsp3) is 0.211. The van der Waals surface area contributed by atoms with Gasteiger partial charge in [-0.15, -0.1) is 0 Å². The molecule has 3 atom stereocenters. The number of rotatable bonds is 2. The van der Waals surface area contributed by atoms with Gasteiger partial charge in [-0.25, -0.2) is 0 Å². The summed E-state index contributed by atoms with van der Waals surface area (Å²) in [5.74, 6) is 2.57. The van der Waals surface area contributed by atoms with Crippen LogP contribution in [0.15, 0.2) is 115 Å². The van der Waals surface area contributed by atoms with Crippen LogP contribution in [0.1, 0.15) is 53.5 Å². The van der Waals surface area contributed by atoms with Gasteiger partial charge in [0.2, 0.25) is 0 Å². The summed E-state index contributed by atoms with van der Waals surface area (Å²) in [5, 5.41) is 2.53. The summed E-state index contributed by atoms with van der Waals surface area (Å²) < 4.78 is 7.43. The van der Waals surface area contributed by atoms with Crippen LogP contribution in [0.3, 0.4) is 0 Å². The molecule has 1 aliphatic heterocycles. The molecule has 2 fully saturated rings. The second-order valence-corrected chi connectivity index (χ2v) is 12.0. The smallest absolute Gasteiger partial charge is 0.178 e. The van der Waals surface area contributed by atoms with Crippen LogP contribution in [-0.2, 0) is 11.0 Å². The molecule has 0 saturated heterocycles. The molecule has 0 amide bonds. The predicted octanol–water partition coefficient (Wildman–Crippen LogP) is 9.28. The van der Waals surface area contributed by atoms with E-state index in [4.69, 9.17) is 4.74 Å². The highest BCUT2D eigenvalue weighted by Crippen LogP contribution is 2.68. The van der Waals surface area contributed by atoms with Gasteiger partial charge in [0.25, 0.3) is 0 Å². The Bertz CT molecular complexity index is 1760. The van der Waals surface area contributed by atoms with Crippen LogP contribution < -0.4 is 4.74 Å². The third-order valence-electron chi connectivity index (χ3n) is 10.3. The molecule has 1 nitrogen and oxygen atoms in total. The predicted molar refractivity (Wildman–Crippen MR) is 159 cm³/mol. The highest BCUT2D eigenvalue weighted by Gasteiger charge is 2.58. The molecule has 2 bridgehead atoms. The molecule has 1 heterocycles. The average Bonchev–Trinajstić information content (AvgIpc) is 3.71. The average molecular weight is 503 g/mol. The van der Waals surface area contributed by atoms with E-state index in [0.29, 0.717) is 5.92 Å². The standard InChI is InChI=1S/C38H30O/c1-3-11-26(12-4-1)38(27-13-5-2-6-14-27)22-21-32-35-34(29-15-7-8-16-30(29)36(32)39-38)31-17-9-10-18-33(31)37(35)24-25-19-20-28(37)23-25/h1-18,21-22,25,28H,19-20,23-24H2. The quantitative estimate of drug-likeness (QED) is 0.234. The van der Waals surface area contributed by atoms with E-state index in [1.807, 2.05) is 0 Å². The summed E-state index contributed by atoms with van der Waals surface area (Å²) in [4.78, 5) is 0. The zero-order valence-electron chi connectivity index (χ0n) is 21.9. The number of hydrogen-bond acceptors (Lipinski definition) is 1. The summed E-state index contributed by atoms with van der Waals surface area (Å²) in [6.07, 6.45) is 10.1. The van der Waals surface area contributed by atoms with Gasteiger partial charge >= 0.3 is 0 Å². The normalized spacial score (nSPS) is 24.9. The minimum Gasteiger partial charge on any atom is -0.472 e. The monoisotopic (exact) mass is 502 g/mol. The van der Waals surface area contributed by atoms with E-state index in [2.05, 4.69) is 121 Å². The van der Waals surface area contributed by atoms with Crippen molar-refractivity contribution in [1.29, 1.82) is 0 Å². The molecule has 5 aromatic carbocycles. The van der Waals surface area contributed by atoms with Crippen LogP contribution in [-0.4, -0.2) is 0 Å². The summed E-state index contributed by atoms with van der Waals surface area (Å²) in [6, 6.07) is 39.7. The zero-order valence-corrected chi connectivity index (χ0v) is 21.9. The molecular weight excluding hydrogens is 472 g/mol. The van der Waals surface area contributed by atoms with Crippen molar-refractivity contribution in [1.82, 2.24) is 0 Å². The Morgan fingerprint density at radius 2 is 1.33 bits per heavy atom. The molecule has 3 unspecified atom stereocenters. The molecule has 2 saturated carbocycles. The van der Waals surface area contributed by atoms with E-state index in [1.165, 1.54) is 58.7 Å². The Hall–Kier alpha value is -4.10. The van der Waals surface area contributed by atoms with Gasteiger partial charge in [-0.3, -0.25) is 0 Å². The maximum atomic E-state index is 7.43. The number of benzene rings is 5. The first-order valence-corrected chi connectivity index (χ1v) is 14.5. The molecule has 1 heteroatoms. The summed E-state index contributed by atoms with van der Waals surface area (Å²) in [5.41, 5.74) is 9.01. The van der Waals surface area contributed by atoms with E-state index >= 15 is 0 Å². The summed E-state index contributed by atoms with van der Waals surface area (Å²) in [7, 11) is 0. The van der Waals surface area contributed by atoms with Crippen molar-refractivity contribution in [3.8, 4) is 16.9 Å². The maximum absolute atomic E-state index is 7.43. The third-order valence-corrected chi connectivity index (χ3v) is 10.3. The lowest BCUT2D eigenvalue weighted by Gasteiger charge is -2.41. The molecule has 0 N–H and O–H groups in total. The van der Waals surface area contributed by atoms with Gasteiger partial charge in [0.15, 0.2) is 5.60 Å². The van der Waals surface area contributed by atoms with E-state index in [-0.39, 0.29) is 5.41 Å². The topological polar surface area (TPSA) is 9.23 Å². The van der Waals surface area contributed by atoms with Gasteiger partial charge in [-0.2, -0.15) is 0 Å². The molecule has 0 radical (unpaired) electrons. The Labute approximate surface area is 229 Å². The van der Waals surface area contributed by atoms with Gasteiger partial charge in [0.05, 0.1) is 0 Å². The molecule has 4 aliphatic rings. The maximum Gasteiger partial charge on any atom is 0.178 e. The Morgan fingerprint density at radius 3 is 2.03 bits per heavy atom. The van der Waals surface area contributed by atoms with Crippen molar-refractivity contribution >= 4 is 16.8 Å². The molecular formula is C38H30O. The lowest BCUT2D eigenvalue weighted by molar-refractivity contribution is 0.163. The fourth-order valence-corrected chi connectivity index (χ4v) is 8.87. The highest BCUT2D eigenvalue weighted by molar-refractivity contribution is 6.08. The van der Waals surface area contributed by atoms with Gasteiger partial charge < -0.3 is 4.74 Å². The van der Waals surface area contributed by atoms with Gasteiger partial charge in [-0.05, 0) is 64.8 Å². The fourth-order valence-electron chi connectivity index (χ4n) is 8.87. The van der Waals surface area contributed by atoms with Crippen molar-refractivity contribution in [3.63, 3.8) is 0 Å². The molecule has 188 valence electrons. The lowest BCUT2D eigenvalue weighted by Crippen LogP contribution is -2.36. The molecule has 1 spiro atoms. The number of hydrogen-bond donors (Lipinski definition) is 0. The van der Waals surface area contributed by atoms with E-state index in [0.717, 1.165) is 22.8 Å². The molecule has 9 rings (SSSR count). The van der Waals surface area contributed by atoms with E-state index in [1.54, 1.807) is 5.56 Å². The second-order valence-electron chi connectivity index (χ2n) is 12.0. The van der Waals surface area contributed by atoms with Gasteiger partial charge in [0, 0.05) is 27.5 Å². The minimum atomic E-state index is -0.681. The van der Waals surface area contributed by atoms with Crippen molar-refractivity contribution in [3.05, 3.63) is 143 Å². The summed E-state index contributed by atoms with van der Waals surface area (Å²) >= 11 is 0. The van der Waals surface area contributed by atoms with Crippen LogP contribution in [0.5, 0.6) is 5.75 Å². The second kappa shape index (κ2) is 7.73. The zero-order chi connectivity index (χ0) is 25.6. The van der Waals surface area contributed by atoms with Gasteiger partial charge in [-0.1, -0.05) is 122 Å². The molecule has 0 aromatic heterocycles. The third kappa shape index (κ3) is 2.71. The van der Waals surface area contributed by atoms with Crippen LogP contribution in [0.2, 0.25) is 0 Å². The first-order chi connectivity index (χ1) is 19.3. The van der Waals surface area contributed by atoms with Crippen LogP contribution in [0, 0.1) is 11.8 Å². The molecule has 5 aromatic rings. The van der Waals surface area contributed by atoms with Gasteiger partial charge in [0.1, 0.15) is 5.75 Å². The Morgan fingerprint density at radius 1 is 0.667 bits per heavy atom. The lowest BCUT2D eigenvalue weighted by atomic mass is 9.65. The SMILES string of the molecule is C1=CC(c2ccccc2)(c2ccccc2)Oc2c1c1c(c3ccccc23)-c2ccccc2C12CC1CCC2C1.